The van der Waals surface area contributed by atoms with Crippen molar-refractivity contribution in [3.05, 3.63) is 18.2 Å². The van der Waals surface area contributed by atoms with Crippen molar-refractivity contribution in [2.75, 3.05) is 26.3 Å². The van der Waals surface area contributed by atoms with Crippen molar-refractivity contribution in [2.45, 2.75) is 37.8 Å². The van der Waals surface area contributed by atoms with Crippen LogP contribution in [0.5, 0.6) is 6.01 Å². The summed E-state index contributed by atoms with van der Waals surface area (Å²) in [6, 6.07) is 0.364. The van der Waals surface area contributed by atoms with Crippen LogP contribution in [0.15, 0.2) is 12.4 Å². The summed E-state index contributed by atoms with van der Waals surface area (Å²) >= 11 is 0. The lowest BCUT2D eigenvalue weighted by Crippen LogP contribution is -2.50. The molecule has 2 saturated heterocycles. The second-order valence-corrected chi connectivity index (χ2v) is 5.82. The fourth-order valence-electron chi connectivity index (χ4n) is 2.79. The Kier molecular flexibility index (Phi) is 5.22. The molecule has 0 aliphatic carbocycles. The third-order valence-electron chi connectivity index (χ3n) is 4.15. The van der Waals surface area contributed by atoms with E-state index in [0.29, 0.717) is 39.1 Å². The molecule has 8 heteroatoms. The maximum Gasteiger partial charge on any atom is 0.317 e. The molecule has 0 radical (unpaired) electrons. The number of hydrogen-bond acceptors (Lipinski definition) is 5. The van der Waals surface area contributed by atoms with Gasteiger partial charge in [0.25, 0.3) is 0 Å². The quantitative estimate of drug-likeness (QED) is 0.908. The molecule has 0 saturated carbocycles. The van der Waals surface area contributed by atoms with E-state index in [1.54, 1.807) is 4.90 Å². The Hall–Kier alpha value is -1.96. The Labute approximate surface area is 134 Å². The molecule has 126 valence electrons. The second kappa shape index (κ2) is 7.54. The summed E-state index contributed by atoms with van der Waals surface area (Å²) in [5, 5.41) is 3.06. The summed E-state index contributed by atoms with van der Waals surface area (Å²) in [7, 11) is 0. The average molecular weight is 324 g/mol. The standard InChI is InChI=1S/C15H21FN4O3/c16-11-9-17-14(18-10-11)23-13-1-5-20(6-2-13)15(21)19-12-3-7-22-8-4-12/h9-10,12-13H,1-8H2,(H,19,21). The molecule has 2 amide bonds. The van der Waals surface area contributed by atoms with Gasteiger partial charge in [-0.05, 0) is 12.8 Å². The second-order valence-electron chi connectivity index (χ2n) is 5.82. The smallest absolute Gasteiger partial charge is 0.317 e. The Morgan fingerprint density at radius 2 is 1.87 bits per heavy atom. The van der Waals surface area contributed by atoms with Gasteiger partial charge in [0.05, 0.1) is 12.4 Å². The average Bonchev–Trinajstić information content (AvgIpc) is 2.58. The van der Waals surface area contributed by atoms with Crippen LogP contribution in [0.1, 0.15) is 25.7 Å². The maximum absolute atomic E-state index is 12.8. The fraction of sp³-hybridized carbons (Fsp3) is 0.667. The third kappa shape index (κ3) is 4.51. The number of carbonyl (C=O) groups is 1. The van der Waals surface area contributed by atoms with Crippen LogP contribution in [0.3, 0.4) is 0 Å². The normalized spacial score (nSPS) is 20.3. The number of ether oxygens (including phenoxy) is 2. The van der Waals surface area contributed by atoms with Crippen molar-refractivity contribution in [3.8, 4) is 6.01 Å². The number of rotatable bonds is 3. The highest BCUT2D eigenvalue weighted by molar-refractivity contribution is 5.74. The van der Waals surface area contributed by atoms with Gasteiger partial charge >= 0.3 is 12.0 Å². The SMILES string of the molecule is O=C(NC1CCOCC1)N1CCC(Oc2ncc(F)cn2)CC1. The summed E-state index contributed by atoms with van der Waals surface area (Å²) in [5.41, 5.74) is 0. The zero-order valence-corrected chi connectivity index (χ0v) is 12.9. The first-order chi connectivity index (χ1) is 11.2. The lowest BCUT2D eigenvalue weighted by molar-refractivity contribution is 0.0739. The summed E-state index contributed by atoms with van der Waals surface area (Å²) in [6.45, 7) is 2.67. The van der Waals surface area contributed by atoms with Gasteiger partial charge in [0.15, 0.2) is 5.82 Å². The number of urea groups is 1. The zero-order valence-electron chi connectivity index (χ0n) is 12.9. The van der Waals surface area contributed by atoms with Crippen LogP contribution in [-0.2, 0) is 4.74 Å². The van der Waals surface area contributed by atoms with Gasteiger partial charge < -0.3 is 19.7 Å². The van der Waals surface area contributed by atoms with Gasteiger partial charge in [0.1, 0.15) is 6.10 Å². The maximum atomic E-state index is 12.8. The van der Waals surface area contributed by atoms with Crippen molar-refractivity contribution in [2.24, 2.45) is 0 Å². The molecule has 3 rings (SSSR count). The molecule has 1 aromatic heterocycles. The highest BCUT2D eigenvalue weighted by atomic mass is 19.1. The van der Waals surface area contributed by atoms with Gasteiger partial charge in [-0.3, -0.25) is 0 Å². The molecule has 0 atom stereocenters. The van der Waals surface area contributed by atoms with Crippen LogP contribution < -0.4 is 10.1 Å². The van der Waals surface area contributed by atoms with E-state index in [9.17, 15) is 9.18 Å². The summed E-state index contributed by atoms with van der Waals surface area (Å²) in [6.07, 6.45) is 5.27. The minimum Gasteiger partial charge on any atom is -0.460 e. The Morgan fingerprint density at radius 3 is 2.52 bits per heavy atom. The number of nitrogens with zero attached hydrogens (tertiary/aromatic N) is 3. The van der Waals surface area contributed by atoms with Crippen molar-refractivity contribution in [3.63, 3.8) is 0 Å². The zero-order chi connectivity index (χ0) is 16.1. The molecule has 7 nitrogen and oxygen atoms in total. The Balaban J connectivity index is 1.42. The van der Waals surface area contributed by atoms with Crippen LogP contribution in [0.4, 0.5) is 9.18 Å². The molecule has 1 aromatic rings. The summed E-state index contributed by atoms with van der Waals surface area (Å²) in [4.78, 5) is 21.6. The largest absolute Gasteiger partial charge is 0.460 e. The molecule has 2 fully saturated rings. The van der Waals surface area contributed by atoms with Gasteiger partial charge in [-0.2, -0.15) is 0 Å². The number of carbonyl (C=O) groups excluding carboxylic acids is 1. The van der Waals surface area contributed by atoms with Crippen molar-refractivity contribution < 1.29 is 18.7 Å². The molecule has 2 aliphatic rings. The molecule has 0 bridgehead atoms. The van der Waals surface area contributed by atoms with E-state index >= 15 is 0 Å². The molecular weight excluding hydrogens is 303 g/mol. The van der Waals surface area contributed by atoms with Crippen LogP contribution in [-0.4, -0.2) is 59.3 Å². The van der Waals surface area contributed by atoms with E-state index in [-0.39, 0.29) is 24.2 Å². The predicted octanol–water partition coefficient (Wildman–Crippen LogP) is 1.35. The fourth-order valence-corrected chi connectivity index (χ4v) is 2.79. The first kappa shape index (κ1) is 15.9. The van der Waals surface area contributed by atoms with Gasteiger partial charge in [-0.25, -0.2) is 19.2 Å². The van der Waals surface area contributed by atoms with Gasteiger partial charge in [0, 0.05) is 45.2 Å². The minimum atomic E-state index is -0.489. The van der Waals surface area contributed by atoms with Crippen molar-refractivity contribution in [1.29, 1.82) is 0 Å². The highest BCUT2D eigenvalue weighted by Gasteiger charge is 2.26. The molecule has 1 N–H and O–H groups in total. The number of piperidine rings is 1. The van der Waals surface area contributed by atoms with Crippen molar-refractivity contribution >= 4 is 6.03 Å². The van der Waals surface area contributed by atoms with Crippen LogP contribution >= 0.6 is 0 Å². The molecule has 23 heavy (non-hydrogen) atoms. The molecule has 3 heterocycles. The lowest BCUT2D eigenvalue weighted by atomic mass is 10.1. The molecule has 2 aliphatic heterocycles. The first-order valence-electron chi connectivity index (χ1n) is 7.98. The van der Waals surface area contributed by atoms with Gasteiger partial charge in [-0.1, -0.05) is 0 Å². The monoisotopic (exact) mass is 324 g/mol. The summed E-state index contributed by atoms with van der Waals surface area (Å²) in [5.74, 6) is -0.489. The predicted molar refractivity (Wildman–Crippen MR) is 79.6 cm³/mol. The lowest BCUT2D eigenvalue weighted by Gasteiger charge is -2.33. The van der Waals surface area contributed by atoms with E-state index in [0.717, 1.165) is 25.2 Å². The number of amides is 2. The van der Waals surface area contributed by atoms with Crippen LogP contribution in [0, 0.1) is 5.82 Å². The van der Waals surface area contributed by atoms with E-state index in [4.69, 9.17) is 9.47 Å². The van der Waals surface area contributed by atoms with E-state index in [2.05, 4.69) is 15.3 Å². The third-order valence-corrected chi connectivity index (χ3v) is 4.15. The van der Waals surface area contributed by atoms with E-state index in [1.807, 2.05) is 0 Å². The number of hydrogen-bond donors (Lipinski definition) is 1. The number of halogens is 1. The Morgan fingerprint density at radius 1 is 1.22 bits per heavy atom. The number of nitrogens with one attached hydrogen (secondary N) is 1. The Bertz CT molecular complexity index is 514. The van der Waals surface area contributed by atoms with E-state index < -0.39 is 5.82 Å². The van der Waals surface area contributed by atoms with Crippen LogP contribution in [0.25, 0.3) is 0 Å². The molecule has 0 aromatic carbocycles. The van der Waals surface area contributed by atoms with E-state index in [1.165, 1.54) is 0 Å². The van der Waals surface area contributed by atoms with Crippen molar-refractivity contribution in [1.82, 2.24) is 20.2 Å². The van der Waals surface area contributed by atoms with Gasteiger partial charge in [-0.15, -0.1) is 0 Å². The molecule has 0 unspecified atom stereocenters. The number of aromatic nitrogens is 2. The van der Waals surface area contributed by atoms with Gasteiger partial charge in [0.2, 0.25) is 0 Å². The minimum absolute atomic E-state index is 0.0200. The topological polar surface area (TPSA) is 76.6 Å². The molecule has 0 spiro atoms. The first-order valence-corrected chi connectivity index (χ1v) is 7.98. The summed E-state index contributed by atoms with van der Waals surface area (Å²) < 4.78 is 23.7. The molecular formula is C15H21FN4O3. The number of likely N-dealkylation sites (tertiary alicyclic amines) is 1. The van der Waals surface area contributed by atoms with Crippen LogP contribution in [0.2, 0.25) is 0 Å². The highest BCUT2D eigenvalue weighted by Crippen LogP contribution is 2.16.